The van der Waals surface area contributed by atoms with Crippen LogP contribution >= 0.6 is 0 Å². The maximum Gasteiger partial charge on any atom is 0.248 e. The predicted molar refractivity (Wildman–Crippen MR) is 106 cm³/mol. The topological polar surface area (TPSA) is 85.9 Å². The highest BCUT2D eigenvalue weighted by Crippen LogP contribution is 2.29. The van der Waals surface area contributed by atoms with Crippen LogP contribution in [0.15, 0.2) is 35.3 Å². The van der Waals surface area contributed by atoms with Crippen LogP contribution in [0.4, 0.5) is 23.1 Å². The zero-order valence-electron chi connectivity index (χ0n) is 15.5. The SMILES string of the molecule is CNc1cnc(Nc2ccc(=O)[nH]c2C)nc1N(C)C1CCC=CCC1. The maximum atomic E-state index is 11.4. The predicted octanol–water partition coefficient (Wildman–Crippen LogP) is 3.19. The molecule has 3 N–H and O–H groups in total. The van der Waals surface area contributed by atoms with Gasteiger partial charge in [-0.25, -0.2) is 4.98 Å². The van der Waals surface area contributed by atoms with E-state index < -0.39 is 0 Å². The average molecular weight is 354 g/mol. The van der Waals surface area contributed by atoms with Gasteiger partial charge in [-0.1, -0.05) is 12.2 Å². The number of anilines is 4. The Hall–Kier alpha value is -2.83. The summed E-state index contributed by atoms with van der Waals surface area (Å²) in [5.41, 5.74) is 2.31. The molecule has 7 heteroatoms. The Morgan fingerprint density at radius 2 is 1.92 bits per heavy atom. The molecule has 138 valence electrons. The second-order valence-corrected chi connectivity index (χ2v) is 6.56. The van der Waals surface area contributed by atoms with Crippen LogP contribution in [-0.4, -0.2) is 35.1 Å². The number of aryl methyl sites for hydroxylation is 1. The summed E-state index contributed by atoms with van der Waals surface area (Å²) < 4.78 is 0. The van der Waals surface area contributed by atoms with Crippen LogP contribution in [0.2, 0.25) is 0 Å². The van der Waals surface area contributed by atoms with E-state index in [0.717, 1.165) is 48.6 Å². The van der Waals surface area contributed by atoms with Crippen molar-refractivity contribution in [1.82, 2.24) is 15.0 Å². The highest BCUT2D eigenvalue weighted by atomic mass is 16.1. The largest absolute Gasteiger partial charge is 0.384 e. The van der Waals surface area contributed by atoms with Gasteiger partial charge in [-0.15, -0.1) is 0 Å². The van der Waals surface area contributed by atoms with Crippen molar-refractivity contribution in [2.24, 2.45) is 0 Å². The first-order valence-electron chi connectivity index (χ1n) is 8.98. The lowest BCUT2D eigenvalue weighted by atomic mass is 10.1. The Kier molecular flexibility index (Phi) is 5.55. The molecule has 2 aromatic heterocycles. The van der Waals surface area contributed by atoms with Gasteiger partial charge in [0.05, 0.1) is 17.6 Å². The zero-order chi connectivity index (χ0) is 18.5. The van der Waals surface area contributed by atoms with Gasteiger partial charge in [0.2, 0.25) is 11.5 Å². The molecule has 3 rings (SSSR count). The lowest BCUT2D eigenvalue weighted by Crippen LogP contribution is -2.32. The molecular formula is C19H26N6O. The van der Waals surface area contributed by atoms with E-state index in [1.807, 2.05) is 14.0 Å². The number of nitrogens with one attached hydrogen (secondary N) is 3. The van der Waals surface area contributed by atoms with E-state index in [1.165, 1.54) is 6.07 Å². The number of nitrogens with zero attached hydrogens (tertiary/aromatic N) is 3. The molecule has 1 aliphatic rings. The van der Waals surface area contributed by atoms with Crippen molar-refractivity contribution >= 4 is 23.1 Å². The van der Waals surface area contributed by atoms with E-state index in [1.54, 1.807) is 12.3 Å². The summed E-state index contributed by atoms with van der Waals surface area (Å²) in [4.78, 5) is 25.5. The van der Waals surface area contributed by atoms with Crippen LogP contribution in [0, 0.1) is 6.92 Å². The molecule has 0 amide bonds. The highest BCUT2D eigenvalue weighted by molar-refractivity contribution is 5.67. The third kappa shape index (κ3) is 4.04. The molecule has 1 aliphatic carbocycles. The number of hydrogen-bond acceptors (Lipinski definition) is 6. The second-order valence-electron chi connectivity index (χ2n) is 6.56. The minimum Gasteiger partial charge on any atom is -0.384 e. The smallest absolute Gasteiger partial charge is 0.248 e. The van der Waals surface area contributed by atoms with Gasteiger partial charge in [0.1, 0.15) is 0 Å². The van der Waals surface area contributed by atoms with Crippen LogP contribution in [0.5, 0.6) is 0 Å². The van der Waals surface area contributed by atoms with Gasteiger partial charge in [0, 0.05) is 31.9 Å². The molecule has 2 aromatic rings. The number of pyridine rings is 1. The van der Waals surface area contributed by atoms with Crippen molar-refractivity contribution in [1.29, 1.82) is 0 Å². The van der Waals surface area contributed by atoms with Gasteiger partial charge in [-0.2, -0.15) is 4.98 Å². The summed E-state index contributed by atoms with van der Waals surface area (Å²) in [6, 6.07) is 3.67. The number of aromatic amines is 1. The number of hydrogen-bond donors (Lipinski definition) is 3. The van der Waals surface area contributed by atoms with Gasteiger partial charge >= 0.3 is 0 Å². The molecule has 0 radical (unpaired) electrons. The molecule has 0 spiro atoms. The standard InChI is InChI=1S/C19H26N6O/c1-13-15(10-11-17(26)22-13)23-19-21-12-16(20-2)18(24-19)25(3)14-8-6-4-5-7-9-14/h4-5,10-12,14,20H,6-9H2,1-3H3,(H,22,26)(H,21,23,24). The van der Waals surface area contributed by atoms with Crippen molar-refractivity contribution in [3.05, 3.63) is 46.5 Å². The van der Waals surface area contributed by atoms with Gasteiger partial charge in [-0.05, 0) is 38.7 Å². The maximum absolute atomic E-state index is 11.4. The van der Waals surface area contributed by atoms with E-state index in [0.29, 0.717) is 12.0 Å². The van der Waals surface area contributed by atoms with Gasteiger partial charge in [0.25, 0.3) is 0 Å². The second kappa shape index (κ2) is 8.03. The molecule has 7 nitrogen and oxygen atoms in total. The van der Waals surface area contributed by atoms with Crippen LogP contribution in [0.25, 0.3) is 0 Å². The van der Waals surface area contributed by atoms with Crippen molar-refractivity contribution in [3.63, 3.8) is 0 Å². The van der Waals surface area contributed by atoms with E-state index in [4.69, 9.17) is 4.98 Å². The fourth-order valence-corrected chi connectivity index (χ4v) is 3.23. The third-order valence-electron chi connectivity index (χ3n) is 4.78. The first kappa shape index (κ1) is 18.0. The summed E-state index contributed by atoms with van der Waals surface area (Å²) in [6.07, 6.45) is 10.7. The Labute approximate surface area is 153 Å². The van der Waals surface area contributed by atoms with Gasteiger partial charge < -0.3 is 20.5 Å². The molecule has 0 aromatic carbocycles. The molecule has 2 heterocycles. The summed E-state index contributed by atoms with van der Waals surface area (Å²) >= 11 is 0. The van der Waals surface area contributed by atoms with Crippen LogP contribution < -0.4 is 21.1 Å². The Morgan fingerprint density at radius 3 is 2.58 bits per heavy atom. The van der Waals surface area contributed by atoms with Crippen LogP contribution in [-0.2, 0) is 0 Å². The van der Waals surface area contributed by atoms with E-state index in [9.17, 15) is 4.79 Å². The molecule has 0 fully saturated rings. The lowest BCUT2D eigenvalue weighted by molar-refractivity contribution is 0.558. The van der Waals surface area contributed by atoms with E-state index >= 15 is 0 Å². The van der Waals surface area contributed by atoms with Crippen molar-refractivity contribution < 1.29 is 0 Å². The summed E-state index contributed by atoms with van der Waals surface area (Å²) in [6.45, 7) is 1.84. The summed E-state index contributed by atoms with van der Waals surface area (Å²) in [5.74, 6) is 1.38. The molecule has 0 unspecified atom stereocenters. The van der Waals surface area contributed by atoms with Crippen LogP contribution in [0.1, 0.15) is 31.4 Å². The van der Waals surface area contributed by atoms with Crippen molar-refractivity contribution in [2.75, 3.05) is 29.6 Å². The van der Waals surface area contributed by atoms with Gasteiger partial charge in [-0.3, -0.25) is 4.79 Å². The average Bonchev–Trinajstić information content (AvgIpc) is 2.93. The number of H-pyrrole nitrogens is 1. The summed E-state index contributed by atoms with van der Waals surface area (Å²) in [5, 5.41) is 6.39. The normalized spacial score (nSPS) is 14.7. The molecule has 0 atom stereocenters. The molecular weight excluding hydrogens is 328 g/mol. The molecule has 0 aliphatic heterocycles. The first-order valence-corrected chi connectivity index (χ1v) is 8.98. The quantitative estimate of drug-likeness (QED) is 0.715. The molecule has 0 bridgehead atoms. The highest BCUT2D eigenvalue weighted by Gasteiger charge is 2.20. The summed E-state index contributed by atoms with van der Waals surface area (Å²) in [7, 11) is 3.97. The zero-order valence-corrected chi connectivity index (χ0v) is 15.5. The minimum absolute atomic E-state index is 0.123. The number of allylic oxidation sites excluding steroid dienone is 2. The first-order chi connectivity index (χ1) is 12.6. The third-order valence-corrected chi connectivity index (χ3v) is 4.78. The fourth-order valence-electron chi connectivity index (χ4n) is 3.23. The number of rotatable bonds is 5. The molecule has 0 saturated heterocycles. The molecule has 0 saturated carbocycles. The lowest BCUT2D eigenvalue weighted by Gasteiger charge is -2.30. The van der Waals surface area contributed by atoms with Crippen LogP contribution in [0.3, 0.4) is 0 Å². The van der Waals surface area contributed by atoms with E-state index in [-0.39, 0.29) is 5.56 Å². The Morgan fingerprint density at radius 1 is 1.19 bits per heavy atom. The Bertz CT molecular complexity index is 834. The number of aromatic nitrogens is 3. The van der Waals surface area contributed by atoms with Crippen molar-refractivity contribution in [3.8, 4) is 0 Å². The Balaban J connectivity index is 1.87. The molecule has 26 heavy (non-hydrogen) atoms. The van der Waals surface area contributed by atoms with Crippen molar-refractivity contribution in [2.45, 2.75) is 38.6 Å². The monoisotopic (exact) mass is 354 g/mol. The van der Waals surface area contributed by atoms with Gasteiger partial charge in [0.15, 0.2) is 5.82 Å². The van der Waals surface area contributed by atoms with E-state index in [2.05, 4.69) is 44.7 Å². The minimum atomic E-state index is -0.123. The fraction of sp³-hybridized carbons (Fsp3) is 0.421.